The molecule has 2 aliphatic rings. The van der Waals surface area contributed by atoms with Crippen molar-refractivity contribution < 1.29 is 33.7 Å². The van der Waals surface area contributed by atoms with Crippen LogP contribution in [0.2, 0.25) is 0 Å². The minimum atomic E-state index is -1.44. The number of hydrogen-bond acceptors (Lipinski definition) is 11. The molecule has 2 aliphatic heterocycles. The SMILES string of the molecule is CC(=O)O[C@H]([C@@H](CO)OC(C)=O)[C@@H](Cn1c2nc(=O)[nH]c(=O)c-2nc2cc(C)c(C)cc21)OC(C)=O. The van der Waals surface area contributed by atoms with Crippen molar-refractivity contribution in [3.63, 3.8) is 0 Å². The van der Waals surface area contributed by atoms with E-state index in [2.05, 4.69) is 15.0 Å². The predicted molar refractivity (Wildman–Crippen MR) is 124 cm³/mol. The predicted octanol–water partition coefficient (Wildman–Crippen LogP) is -0.0112. The topological polar surface area (TPSA) is 180 Å². The average Bonchev–Trinajstić information content (AvgIpc) is 2.76. The Bertz CT molecular complexity index is 1410. The lowest BCUT2D eigenvalue weighted by Gasteiger charge is -2.32. The maximum absolute atomic E-state index is 12.5. The van der Waals surface area contributed by atoms with Crippen molar-refractivity contribution in [2.24, 2.45) is 0 Å². The Morgan fingerprint density at radius 2 is 1.53 bits per heavy atom. The van der Waals surface area contributed by atoms with Crippen LogP contribution in [0.3, 0.4) is 0 Å². The van der Waals surface area contributed by atoms with E-state index >= 15 is 0 Å². The molecule has 0 unspecified atom stereocenters. The van der Waals surface area contributed by atoms with E-state index in [9.17, 15) is 29.1 Å². The van der Waals surface area contributed by atoms with Crippen molar-refractivity contribution >= 4 is 28.9 Å². The van der Waals surface area contributed by atoms with Crippen molar-refractivity contribution in [3.05, 3.63) is 44.1 Å². The molecular weight excluding hydrogens is 476 g/mol. The smallest absolute Gasteiger partial charge is 0.349 e. The summed E-state index contributed by atoms with van der Waals surface area (Å²) in [5, 5.41) is 9.87. The lowest BCUT2D eigenvalue weighted by atomic mass is 10.1. The summed E-state index contributed by atoms with van der Waals surface area (Å²) in [4.78, 5) is 70.5. The molecule has 3 rings (SSSR count). The Hall–Kier alpha value is -4.13. The van der Waals surface area contributed by atoms with E-state index in [1.807, 2.05) is 13.8 Å². The number of esters is 3. The first-order chi connectivity index (χ1) is 16.9. The third-order valence-electron chi connectivity index (χ3n) is 5.44. The summed E-state index contributed by atoms with van der Waals surface area (Å²) in [5.74, 6) is -2.43. The van der Waals surface area contributed by atoms with Gasteiger partial charge in [0.25, 0.3) is 5.56 Å². The summed E-state index contributed by atoms with van der Waals surface area (Å²) in [7, 11) is 0. The maximum atomic E-state index is 12.5. The van der Waals surface area contributed by atoms with Crippen LogP contribution in [0.15, 0.2) is 21.7 Å². The van der Waals surface area contributed by atoms with Gasteiger partial charge in [0.2, 0.25) is 0 Å². The van der Waals surface area contributed by atoms with Crippen LogP contribution in [0.5, 0.6) is 0 Å². The highest BCUT2D eigenvalue weighted by Crippen LogP contribution is 2.26. The zero-order chi connectivity index (χ0) is 26.7. The minimum Gasteiger partial charge on any atom is -0.457 e. The van der Waals surface area contributed by atoms with Crippen LogP contribution in [-0.4, -0.2) is 67.5 Å². The van der Waals surface area contributed by atoms with Crippen LogP contribution in [0.25, 0.3) is 22.6 Å². The van der Waals surface area contributed by atoms with Crippen molar-refractivity contribution in [3.8, 4) is 11.5 Å². The van der Waals surface area contributed by atoms with Gasteiger partial charge in [0, 0.05) is 20.8 Å². The highest BCUT2D eigenvalue weighted by molar-refractivity contribution is 5.81. The van der Waals surface area contributed by atoms with Crippen molar-refractivity contribution in [2.45, 2.75) is 59.5 Å². The standard InChI is InChI=1S/C23H26N4O9/c1-10-6-15-16(7-11(10)2)27(21-19(24-15)22(32)26-23(33)25-21)8-17(34-12(3)29)20(36-14(5)31)18(9-28)35-13(4)30/h6-7,17-18,20,28H,8-9H2,1-5H3,(H,26,32,33)/t17-,18-,20+/m1/s1. The van der Waals surface area contributed by atoms with E-state index < -0.39 is 54.1 Å². The summed E-state index contributed by atoms with van der Waals surface area (Å²) in [6, 6.07) is 3.50. The van der Waals surface area contributed by atoms with E-state index in [-0.39, 0.29) is 18.1 Å². The number of H-pyrrole nitrogens is 1. The van der Waals surface area contributed by atoms with Crippen LogP contribution in [0.1, 0.15) is 31.9 Å². The van der Waals surface area contributed by atoms with Gasteiger partial charge in [-0.3, -0.25) is 24.2 Å². The molecule has 36 heavy (non-hydrogen) atoms. The Morgan fingerprint density at radius 1 is 0.944 bits per heavy atom. The number of nitrogens with one attached hydrogen (secondary N) is 1. The molecule has 0 saturated carbocycles. The van der Waals surface area contributed by atoms with E-state index in [1.165, 1.54) is 4.57 Å². The molecule has 1 aromatic rings. The zero-order valence-corrected chi connectivity index (χ0v) is 20.4. The van der Waals surface area contributed by atoms with Gasteiger partial charge in [0.15, 0.2) is 29.8 Å². The number of hydrogen-bond donors (Lipinski definition) is 2. The van der Waals surface area contributed by atoms with Gasteiger partial charge in [0.05, 0.1) is 24.2 Å². The quantitative estimate of drug-likeness (QED) is 0.240. The van der Waals surface area contributed by atoms with Gasteiger partial charge in [0.1, 0.15) is 0 Å². The zero-order valence-electron chi connectivity index (χ0n) is 20.4. The Labute approximate surface area is 204 Å². The van der Waals surface area contributed by atoms with Crippen molar-refractivity contribution in [1.29, 1.82) is 0 Å². The lowest BCUT2D eigenvalue weighted by molar-refractivity contribution is -0.187. The van der Waals surface area contributed by atoms with Gasteiger partial charge in [-0.25, -0.2) is 9.78 Å². The molecule has 13 heteroatoms. The fourth-order valence-corrected chi connectivity index (χ4v) is 3.84. The maximum Gasteiger partial charge on any atom is 0.349 e. The number of aromatic nitrogens is 4. The molecule has 0 fully saturated rings. The number of fused-ring (bicyclic) bond motifs is 2. The van der Waals surface area contributed by atoms with E-state index in [4.69, 9.17) is 14.2 Å². The third kappa shape index (κ3) is 5.74. The van der Waals surface area contributed by atoms with Crippen LogP contribution in [-0.2, 0) is 35.1 Å². The number of benzene rings is 1. The molecule has 0 amide bonds. The Balaban J connectivity index is 2.29. The molecule has 13 nitrogen and oxygen atoms in total. The molecule has 0 aliphatic carbocycles. The normalized spacial score (nSPS) is 13.7. The minimum absolute atomic E-state index is 0.105. The van der Waals surface area contributed by atoms with Gasteiger partial charge in [-0.15, -0.1) is 0 Å². The van der Waals surface area contributed by atoms with Crippen LogP contribution in [0.4, 0.5) is 0 Å². The number of ether oxygens (including phenoxy) is 3. The molecule has 0 bridgehead atoms. The fraction of sp³-hybridized carbons (Fsp3) is 0.435. The van der Waals surface area contributed by atoms with Gasteiger partial charge in [-0.1, -0.05) is 0 Å². The molecule has 3 atom stereocenters. The number of aliphatic hydroxyl groups excluding tert-OH is 1. The molecule has 0 aromatic heterocycles. The van der Waals surface area contributed by atoms with Gasteiger partial charge >= 0.3 is 23.6 Å². The van der Waals surface area contributed by atoms with Gasteiger partial charge in [-0.2, -0.15) is 4.98 Å². The highest BCUT2D eigenvalue weighted by Gasteiger charge is 2.38. The molecule has 0 radical (unpaired) electrons. The largest absolute Gasteiger partial charge is 0.457 e. The second kappa shape index (κ2) is 10.6. The van der Waals surface area contributed by atoms with Crippen LogP contribution >= 0.6 is 0 Å². The number of carbonyl (C=O) groups excluding carboxylic acids is 3. The van der Waals surface area contributed by atoms with Crippen LogP contribution in [0, 0.1) is 13.8 Å². The molecule has 2 heterocycles. The Morgan fingerprint density at radius 3 is 2.11 bits per heavy atom. The van der Waals surface area contributed by atoms with Crippen molar-refractivity contribution in [1.82, 2.24) is 19.5 Å². The number of aryl methyl sites for hydroxylation is 2. The van der Waals surface area contributed by atoms with E-state index in [1.54, 1.807) is 12.1 Å². The summed E-state index contributed by atoms with van der Waals surface area (Å²) in [6.07, 6.45) is -4.16. The number of aliphatic hydroxyl groups is 1. The van der Waals surface area contributed by atoms with E-state index in [0.29, 0.717) is 11.0 Å². The summed E-state index contributed by atoms with van der Waals surface area (Å²) < 4.78 is 17.3. The number of carbonyl (C=O) groups is 3. The monoisotopic (exact) mass is 502 g/mol. The molecule has 0 saturated heterocycles. The first-order valence-corrected chi connectivity index (χ1v) is 11.0. The molecule has 2 N–H and O–H groups in total. The molecule has 1 aromatic carbocycles. The summed E-state index contributed by atoms with van der Waals surface area (Å²) in [5.41, 5.74) is 0.742. The van der Waals surface area contributed by atoms with Gasteiger partial charge < -0.3 is 23.9 Å². The first-order valence-electron chi connectivity index (χ1n) is 11.0. The number of rotatable bonds is 8. The second-order valence-electron chi connectivity index (χ2n) is 8.24. The first kappa shape index (κ1) is 26.5. The molecular formula is C23H26N4O9. The molecule has 0 spiro atoms. The van der Waals surface area contributed by atoms with Gasteiger partial charge in [-0.05, 0) is 37.1 Å². The summed E-state index contributed by atoms with van der Waals surface area (Å²) in [6.45, 7) is 5.98. The summed E-state index contributed by atoms with van der Waals surface area (Å²) >= 11 is 0. The average molecular weight is 502 g/mol. The van der Waals surface area contributed by atoms with Crippen molar-refractivity contribution in [2.75, 3.05) is 6.61 Å². The number of aromatic amines is 1. The number of nitrogens with zero attached hydrogens (tertiary/aromatic N) is 3. The lowest BCUT2D eigenvalue weighted by Crippen LogP contribution is -2.48. The Kier molecular flexibility index (Phi) is 7.83. The van der Waals surface area contributed by atoms with E-state index in [0.717, 1.165) is 31.9 Å². The fourth-order valence-electron chi connectivity index (χ4n) is 3.84. The highest BCUT2D eigenvalue weighted by atomic mass is 16.6. The second-order valence-corrected chi connectivity index (χ2v) is 8.24. The molecule has 192 valence electrons. The third-order valence-corrected chi connectivity index (χ3v) is 5.44. The van der Waals surface area contributed by atoms with Crippen LogP contribution < -0.4 is 11.2 Å².